The highest BCUT2D eigenvalue weighted by atomic mass is 32.2. The van der Waals surface area contributed by atoms with Crippen LogP contribution in [0.4, 0.5) is 0 Å². The Bertz CT molecular complexity index is 644. The molecule has 0 amide bonds. The van der Waals surface area contributed by atoms with Crippen LogP contribution in [-0.4, -0.2) is 39.1 Å². The fourth-order valence-corrected chi connectivity index (χ4v) is 3.74. The molecular formula is C14H20N2O2S2. The molecule has 0 aliphatic carbocycles. The highest BCUT2D eigenvalue weighted by molar-refractivity contribution is 7.89. The smallest absolute Gasteiger partial charge is 0.214 e. The number of nitrogens with one attached hydrogen (secondary N) is 1. The summed E-state index contributed by atoms with van der Waals surface area (Å²) in [5.74, 6) is 0.120. The molecule has 0 fully saturated rings. The number of sulfonamides is 1. The lowest BCUT2D eigenvalue weighted by Crippen LogP contribution is -2.32. The van der Waals surface area contributed by atoms with Gasteiger partial charge >= 0.3 is 0 Å². The molecular weight excluding hydrogens is 292 g/mol. The van der Waals surface area contributed by atoms with Crippen molar-refractivity contribution in [1.29, 1.82) is 0 Å². The summed E-state index contributed by atoms with van der Waals surface area (Å²) in [6.45, 7) is 2.52. The van der Waals surface area contributed by atoms with Gasteiger partial charge in [0.05, 0.1) is 5.75 Å². The normalized spacial score (nSPS) is 14.0. The summed E-state index contributed by atoms with van der Waals surface area (Å²) in [4.78, 5) is 1.23. The van der Waals surface area contributed by atoms with Crippen molar-refractivity contribution in [2.24, 2.45) is 0 Å². The second-order valence-electron chi connectivity index (χ2n) is 4.96. The molecule has 4 nitrogen and oxygen atoms in total. The summed E-state index contributed by atoms with van der Waals surface area (Å²) in [6, 6.07) is 10.6. The summed E-state index contributed by atoms with van der Waals surface area (Å²) in [6.07, 6.45) is 0. The first-order valence-electron chi connectivity index (χ1n) is 6.52. The van der Waals surface area contributed by atoms with Crippen LogP contribution >= 0.6 is 11.3 Å². The number of hydrogen-bond acceptors (Lipinski definition) is 4. The third-order valence-electron chi connectivity index (χ3n) is 3.24. The van der Waals surface area contributed by atoms with Crippen LogP contribution in [0.1, 0.15) is 17.8 Å². The molecule has 1 aromatic heterocycles. The number of hydrogen-bond donors (Lipinski definition) is 1. The molecule has 2 rings (SSSR count). The molecule has 0 aliphatic rings. The molecule has 1 atom stereocenters. The molecule has 1 heterocycles. The first-order valence-corrected chi connectivity index (χ1v) is 8.95. The van der Waals surface area contributed by atoms with E-state index in [1.807, 2.05) is 12.1 Å². The quantitative estimate of drug-likeness (QED) is 0.891. The van der Waals surface area contributed by atoms with Gasteiger partial charge in [-0.25, -0.2) is 12.7 Å². The zero-order chi connectivity index (χ0) is 14.8. The fourth-order valence-electron chi connectivity index (χ4n) is 1.90. The molecule has 2 aromatic rings. The van der Waals surface area contributed by atoms with E-state index in [9.17, 15) is 8.42 Å². The largest absolute Gasteiger partial charge is 0.308 e. The van der Waals surface area contributed by atoms with Gasteiger partial charge in [-0.2, -0.15) is 0 Å². The van der Waals surface area contributed by atoms with E-state index >= 15 is 0 Å². The highest BCUT2D eigenvalue weighted by Gasteiger charge is 2.14. The van der Waals surface area contributed by atoms with Gasteiger partial charge in [-0.15, -0.1) is 11.3 Å². The third-order valence-corrected chi connectivity index (χ3v) is 6.37. The van der Waals surface area contributed by atoms with E-state index in [1.165, 1.54) is 19.3 Å². The van der Waals surface area contributed by atoms with Crippen LogP contribution in [0, 0.1) is 0 Å². The maximum Gasteiger partial charge on any atom is 0.214 e. The summed E-state index contributed by atoms with van der Waals surface area (Å²) in [7, 11) is -0.00590. The van der Waals surface area contributed by atoms with Gasteiger partial charge in [0.15, 0.2) is 0 Å². The Morgan fingerprint density at radius 2 is 2.00 bits per heavy atom. The van der Waals surface area contributed by atoms with Gasteiger partial charge in [0.1, 0.15) is 0 Å². The first-order chi connectivity index (χ1) is 9.40. The van der Waals surface area contributed by atoms with Crippen LogP contribution in [0.2, 0.25) is 0 Å². The van der Waals surface area contributed by atoms with Crippen LogP contribution in [-0.2, 0) is 10.0 Å². The molecule has 20 heavy (non-hydrogen) atoms. The Morgan fingerprint density at radius 3 is 2.65 bits per heavy atom. The molecule has 0 aliphatic heterocycles. The van der Waals surface area contributed by atoms with Gasteiger partial charge in [0, 0.05) is 36.3 Å². The lowest BCUT2D eigenvalue weighted by molar-refractivity contribution is 0.513. The Hall–Kier alpha value is -0.950. The predicted octanol–water partition coefficient (Wildman–Crippen LogP) is 2.44. The third kappa shape index (κ3) is 3.58. The van der Waals surface area contributed by atoms with E-state index in [0.29, 0.717) is 6.54 Å². The van der Waals surface area contributed by atoms with E-state index in [2.05, 4.69) is 30.4 Å². The lowest BCUT2D eigenvalue weighted by atomic mass is 10.2. The van der Waals surface area contributed by atoms with Crippen molar-refractivity contribution >= 4 is 31.4 Å². The zero-order valence-electron chi connectivity index (χ0n) is 12.0. The Balaban J connectivity index is 1.97. The van der Waals surface area contributed by atoms with Crippen LogP contribution < -0.4 is 5.32 Å². The van der Waals surface area contributed by atoms with Crippen molar-refractivity contribution in [3.63, 3.8) is 0 Å². The van der Waals surface area contributed by atoms with Crippen molar-refractivity contribution in [1.82, 2.24) is 9.62 Å². The minimum atomic E-state index is -3.13. The van der Waals surface area contributed by atoms with Gasteiger partial charge in [0.2, 0.25) is 10.0 Å². The Kier molecular flexibility index (Phi) is 4.80. The average Bonchev–Trinajstić information content (AvgIpc) is 2.82. The number of thiophene rings is 1. The fraction of sp³-hybridized carbons (Fsp3) is 0.429. The standard InChI is InChI=1S/C14H20N2O2S2/c1-11(15-8-9-20(17,18)16(2)3)14-10-12-6-4-5-7-13(12)19-14/h4-7,10-11,15H,8-9H2,1-3H3. The van der Waals surface area contributed by atoms with Crippen LogP contribution in [0.3, 0.4) is 0 Å². The monoisotopic (exact) mass is 312 g/mol. The molecule has 0 spiro atoms. The van der Waals surface area contributed by atoms with Gasteiger partial charge in [-0.1, -0.05) is 18.2 Å². The van der Waals surface area contributed by atoms with Crippen molar-refractivity contribution in [2.75, 3.05) is 26.4 Å². The molecule has 1 N–H and O–H groups in total. The van der Waals surface area contributed by atoms with E-state index in [-0.39, 0.29) is 11.8 Å². The summed E-state index contributed by atoms with van der Waals surface area (Å²) >= 11 is 1.75. The van der Waals surface area contributed by atoms with E-state index in [4.69, 9.17) is 0 Å². The van der Waals surface area contributed by atoms with Gasteiger partial charge in [0.25, 0.3) is 0 Å². The maximum absolute atomic E-state index is 11.7. The molecule has 0 saturated heterocycles. The van der Waals surface area contributed by atoms with Crippen LogP contribution in [0.25, 0.3) is 10.1 Å². The number of nitrogens with zero attached hydrogens (tertiary/aromatic N) is 1. The van der Waals surface area contributed by atoms with Crippen molar-refractivity contribution < 1.29 is 8.42 Å². The Labute approximate surface area is 124 Å². The topological polar surface area (TPSA) is 49.4 Å². The minimum Gasteiger partial charge on any atom is -0.308 e. The lowest BCUT2D eigenvalue weighted by Gasteiger charge is -2.14. The van der Waals surface area contributed by atoms with Crippen molar-refractivity contribution in [3.05, 3.63) is 35.2 Å². The van der Waals surface area contributed by atoms with Crippen molar-refractivity contribution in [2.45, 2.75) is 13.0 Å². The van der Waals surface area contributed by atoms with Gasteiger partial charge in [-0.3, -0.25) is 0 Å². The number of benzene rings is 1. The SMILES string of the molecule is CC(NCCS(=O)(=O)N(C)C)c1cc2ccccc2s1. The molecule has 1 aromatic carbocycles. The van der Waals surface area contributed by atoms with E-state index in [0.717, 1.165) is 0 Å². The Morgan fingerprint density at radius 1 is 1.30 bits per heavy atom. The van der Waals surface area contributed by atoms with Gasteiger partial charge < -0.3 is 5.32 Å². The van der Waals surface area contributed by atoms with Crippen LogP contribution in [0.5, 0.6) is 0 Å². The summed E-state index contributed by atoms with van der Waals surface area (Å²) < 4.78 is 25.9. The predicted molar refractivity (Wildman–Crippen MR) is 85.7 cm³/mol. The zero-order valence-corrected chi connectivity index (χ0v) is 13.6. The first kappa shape index (κ1) is 15.4. The molecule has 110 valence electrons. The molecule has 1 unspecified atom stereocenters. The second-order valence-corrected chi connectivity index (χ2v) is 8.38. The van der Waals surface area contributed by atoms with Gasteiger partial charge in [-0.05, 0) is 24.4 Å². The summed E-state index contributed by atoms with van der Waals surface area (Å²) in [5.41, 5.74) is 0. The highest BCUT2D eigenvalue weighted by Crippen LogP contribution is 2.29. The van der Waals surface area contributed by atoms with Crippen molar-refractivity contribution in [3.8, 4) is 0 Å². The van der Waals surface area contributed by atoms with E-state index in [1.54, 1.807) is 25.4 Å². The summed E-state index contributed by atoms with van der Waals surface area (Å²) in [5, 5.41) is 4.51. The molecule has 0 radical (unpaired) electrons. The maximum atomic E-state index is 11.7. The minimum absolute atomic E-state index is 0.120. The van der Waals surface area contributed by atoms with E-state index < -0.39 is 10.0 Å². The second kappa shape index (κ2) is 6.22. The number of fused-ring (bicyclic) bond motifs is 1. The molecule has 0 bridgehead atoms. The van der Waals surface area contributed by atoms with Crippen LogP contribution in [0.15, 0.2) is 30.3 Å². The average molecular weight is 312 g/mol. The molecule has 6 heteroatoms. The number of rotatable bonds is 6. The molecule has 0 saturated carbocycles.